The first-order chi connectivity index (χ1) is 10.2. The summed E-state index contributed by atoms with van der Waals surface area (Å²) in [6.45, 7) is 0. The molecule has 0 aliphatic carbocycles. The van der Waals surface area contributed by atoms with Crippen molar-refractivity contribution in [3.8, 4) is 11.1 Å². The Morgan fingerprint density at radius 2 is 1.76 bits per heavy atom. The lowest BCUT2D eigenvalue weighted by atomic mass is 9.96. The second-order valence-electron chi connectivity index (χ2n) is 4.69. The highest BCUT2D eigenvalue weighted by Gasteiger charge is 2.15. The van der Waals surface area contributed by atoms with Gasteiger partial charge in [0.05, 0.1) is 0 Å². The van der Waals surface area contributed by atoms with E-state index in [9.17, 15) is 9.18 Å². The van der Waals surface area contributed by atoms with Crippen LogP contribution in [0.1, 0.15) is 5.56 Å². The van der Waals surface area contributed by atoms with Crippen LogP contribution >= 0.6 is 15.9 Å². The third-order valence-corrected chi connectivity index (χ3v) is 3.78. The zero-order chi connectivity index (χ0) is 14.8. The third-order valence-electron chi connectivity index (χ3n) is 3.38. The van der Waals surface area contributed by atoms with Crippen molar-refractivity contribution in [3.05, 3.63) is 70.3 Å². The Balaban J connectivity index is 2.38. The number of alkyl halides is 1. The topological polar surface area (TPSA) is 30.2 Å². The lowest BCUT2D eigenvalue weighted by molar-refractivity contribution is 0.552. The quantitative estimate of drug-likeness (QED) is 0.515. The summed E-state index contributed by atoms with van der Waals surface area (Å²) in [5.41, 5.74) is 2.45. The highest BCUT2D eigenvalue weighted by Crippen LogP contribution is 2.31. The predicted octanol–water partition coefficient (Wildman–Crippen LogP) is 4.54. The molecular weight excluding hydrogens is 335 g/mol. The van der Waals surface area contributed by atoms with Gasteiger partial charge in [0.15, 0.2) is 0 Å². The number of halogens is 2. The van der Waals surface area contributed by atoms with Crippen LogP contribution in [0.15, 0.2) is 57.7 Å². The maximum Gasteiger partial charge on any atom is 0.340 e. The van der Waals surface area contributed by atoms with Gasteiger partial charge in [-0.3, -0.25) is 0 Å². The summed E-state index contributed by atoms with van der Waals surface area (Å²) in [5, 5.41) is 1.52. The van der Waals surface area contributed by atoms with Crippen LogP contribution in [0.3, 0.4) is 0 Å². The molecule has 0 atom stereocenters. The van der Waals surface area contributed by atoms with Gasteiger partial charge in [-0.15, -0.1) is 0 Å². The minimum atomic E-state index is -0.340. The zero-order valence-electron chi connectivity index (χ0n) is 11.1. The summed E-state index contributed by atoms with van der Waals surface area (Å²) in [7, 11) is 0. The molecule has 0 radical (unpaired) electrons. The van der Waals surface area contributed by atoms with Crippen LogP contribution in [0.2, 0.25) is 0 Å². The molecule has 0 amide bonds. The summed E-state index contributed by atoms with van der Waals surface area (Å²) < 4.78 is 18.5. The van der Waals surface area contributed by atoms with E-state index in [0.29, 0.717) is 22.9 Å². The number of hydrogen-bond acceptors (Lipinski definition) is 2. The van der Waals surface area contributed by atoms with Crippen LogP contribution < -0.4 is 5.63 Å². The SMILES string of the molecule is O=c1oc2ccccc2c(-c2ccc(F)cc2)c1CCBr. The normalized spacial score (nSPS) is 11.0. The lowest BCUT2D eigenvalue weighted by Gasteiger charge is -2.11. The van der Waals surface area contributed by atoms with Gasteiger partial charge >= 0.3 is 5.63 Å². The van der Waals surface area contributed by atoms with E-state index in [-0.39, 0.29) is 11.4 Å². The van der Waals surface area contributed by atoms with Gasteiger partial charge in [0.1, 0.15) is 11.4 Å². The van der Waals surface area contributed by atoms with Gasteiger partial charge in [0.2, 0.25) is 0 Å². The number of fused-ring (bicyclic) bond motifs is 1. The Morgan fingerprint density at radius 1 is 1.05 bits per heavy atom. The molecule has 0 aliphatic rings. The maximum absolute atomic E-state index is 13.2. The Labute approximate surface area is 129 Å². The van der Waals surface area contributed by atoms with Gasteiger partial charge in [-0.25, -0.2) is 9.18 Å². The molecule has 21 heavy (non-hydrogen) atoms. The van der Waals surface area contributed by atoms with E-state index >= 15 is 0 Å². The van der Waals surface area contributed by atoms with Crippen molar-refractivity contribution in [3.63, 3.8) is 0 Å². The van der Waals surface area contributed by atoms with Crippen molar-refractivity contribution in [2.45, 2.75) is 6.42 Å². The molecule has 1 aromatic heterocycles. The second kappa shape index (κ2) is 5.82. The summed E-state index contributed by atoms with van der Waals surface area (Å²) >= 11 is 3.36. The average molecular weight is 347 g/mol. The number of rotatable bonds is 3. The van der Waals surface area contributed by atoms with E-state index in [1.54, 1.807) is 18.2 Å². The average Bonchev–Trinajstić information content (AvgIpc) is 2.49. The van der Waals surface area contributed by atoms with Crippen molar-refractivity contribution in [1.29, 1.82) is 0 Å². The Bertz CT molecular complexity index is 838. The minimum absolute atomic E-state index is 0.298. The first-order valence-corrected chi connectivity index (χ1v) is 7.69. The molecule has 0 saturated carbocycles. The number of para-hydroxylation sites is 1. The molecule has 0 unspecified atom stereocenters. The van der Waals surface area contributed by atoms with Gasteiger partial charge in [0, 0.05) is 21.8 Å². The van der Waals surface area contributed by atoms with Crippen LogP contribution in [0.4, 0.5) is 4.39 Å². The molecule has 0 spiro atoms. The molecule has 0 bridgehead atoms. The number of benzene rings is 2. The second-order valence-corrected chi connectivity index (χ2v) is 5.48. The molecule has 0 aliphatic heterocycles. The van der Waals surface area contributed by atoms with Crippen molar-refractivity contribution in [1.82, 2.24) is 0 Å². The van der Waals surface area contributed by atoms with Crippen molar-refractivity contribution >= 4 is 26.9 Å². The van der Waals surface area contributed by atoms with E-state index in [1.807, 2.05) is 18.2 Å². The smallest absolute Gasteiger partial charge is 0.340 e. The van der Waals surface area contributed by atoms with Crippen LogP contribution in [0, 0.1) is 5.82 Å². The first kappa shape index (κ1) is 14.0. The first-order valence-electron chi connectivity index (χ1n) is 6.57. The highest BCUT2D eigenvalue weighted by molar-refractivity contribution is 9.09. The molecule has 4 heteroatoms. The summed E-state index contributed by atoms with van der Waals surface area (Å²) in [6.07, 6.45) is 0.555. The molecule has 0 N–H and O–H groups in total. The van der Waals surface area contributed by atoms with Crippen molar-refractivity contribution in [2.75, 3.05) is 5.33 Å². The standard InChI is InChI=1S/C17H12BrFO2/c18-10-9-14-16(11-5-7-12(19)8-6-11)13-3-1-2-4-15(13)21-17(14)20/h1-8H,9-10H2. The van der Waals surface area contributed by atoms with E-state index < -0.39 is 0 Å². The molecular formula is C17H12BrFO2. The fourth-order valence-electron chi connectivity index (χ4n) is 2.46. The molecule has 2 nitrogen and oxygen atoms in total. The van der Waals surface area contributed by atoms with E-state index in [4.69, 9.17) is 4.42 Å². The molecule has 3 aromatic rings. The van der Waals surface area contributed by atoms with Crippen LogP contribution in [0.5, 0.6) is 0 Å². The highest BCUT2D eigenvalue weighted by atomic mass is 79.9. The summed E-state index contributed by atoms with van der Waals surface area (Å²) in [5.74, 6) is -0.298. The van der Waals surface area contributed by atoms with Crippen molar-refractivity contribution < 1.29 is 8.81 Å². The third kappa shape index (κ3) is 2.63. The molecule has 3 rings (SSSR count). The van der Waals surface area contributed by atoms with Gasteiger partial charge in [-0.1, -0.05) is 46.3 Å². The van der Waals surface area contributed by atoms with Crippen LogP contribution in [-0.4, -0.2) is 5.33 Å². The maximum atomic E-state index is 13.2. The Hall–Kier alpha value is -1.94. The van der Waals surface area contributed by atoms with Crippen LogP contribution in [0.25, 0.3) is 22.1 Å². The lowest BCUT2D eigenvalue weighted by Crippen LogP contribution is -2.10. The van der Waals surface area contributed by atoms with E-state index in [1.165, 1.54) is 12.1 Å². The summed E-state index contributed by atoms with van der Waals surface area (Å²) in [6, 6.07) is 13.6. The molecule has 2 aromatic carbocycles. The predicted molar refractivity (Wildman–Crippen MR) is 85.4 cm³/mol. The van der Waals surface area contributed by atoms with Crippen molar-refractivity contribution in [2.24, 2.45) is 0 Å². The van der Waals surface area contributed by atoms with Gasteiger partial charge < -0.3 is 4.42 Å². The zero-order valence-corrected chi connectivity index (χ0v) is 12.7. The van der Waals surface area contributed by atoms with E-state index in [0.717, 1.165) is 16.5 Å². The summed E-state index contributed by atoms with van der Waals surface area (Å²) in [4.78, 5) is 12.2. The molecule has 0 saturated heterocycles. The monoisotopic (exact) mass is 346 g/mol. The fraction of sp³-hybridized carbons (Fsp3) is 0.118. The molecule has 0 fully saturated rings. The fourth-order valence-corrected chi connectivity index (χ4v) is 2.85. The van der Waals surface area contributed by atoms with Gasteiger partial charge in [-0.05, 0) is 30.2 Å². The molecule has 106 valence electrons. The largest absolute Gasteiger partial charge is 0.422 e. The Kier molecular flexibility index (Phi) is 3.88. The van der Waals surface area contributed by atoms with Gasteiger partial charge in [-0.2, -0.15) is 0 Å². The number of hydrogen-bond donors (Lipinski definition) is 0. The van der Waals surface area contributed by atoms with E-state index in [2.05, 4.69) is 15.9 Å². The Morgan fingerprint density at radius 3 is 2.48 bits per heavy atom. The molecule has 1 heterocycles. The minimum Gasteiger partial charge on any atom is -0.422 e. The van der Waals surface area contributed by atoms with Gasteiger partial charge in [0.25, 0.3) is 0 Å². The van der Waals surface area contributed by atoms with Crippen LogP contribution in [-0.2, 0) is 6.42 Å².